The third-order valence-electron chi connectivity index (χ3n) is 3.60. The molecule has 0 unspecified atom stereocenters. The number of anilines is 2. The average molecular weight is 335 g/mol. The van der Waals surface area contributed by atoms with Crippen LogP contribution < -0.4 is 15.0 Å². The van der Waals surface area contributed by atoms with Crippen LogP contribution in [0.5, 0.6) is 5.75 Å². The van der Waals surface area contributed by atoms with Crippen LogP contribution in [0.25, 0.3) is 0 Å². The number of benzene rings is 2. The van der Waals surface area contributed by atoms with E-state index in [-0.39, 0.29) is 11.8 Å². The molecule has 0 saturated heterocycles. The maximum Gasteiger partial charge on any atom is 0.255 e. The number of carbonyl (C=O) groups is 2. The Morgan fingerprint density at radius 3 is 2.48 bits per heavy atom. The SMILES string of the molecule is C=CC(=O)N(C)c1ccc(C(=O)Nc2ccc(OC)c(C#N)c2)cc1. The molecule has 0 atom stereocenters. The first kappa shape index (κ1) is 17.8. The lowest BCUT2D eigenvalue weighted by atomic mass is 10.1. The summed E-state index contributed by atoms with van der Waals surface area (Å²) >= 11 is 0. The zero-order chi connectivity index (χ0) is 18.4. The molecule has 2 rings (SSSR count). The lowest BCUT2D eigenvalue weighted by Crippen LogP contribution is -2.23. The van der Waals surface area contributed by atoms with Gasteiger partial charge in [0.1, 0.15) is 11.8 Å². The highest BCUT2D eigenvalue weighted by Crippen LogP contribution is 2.22. The van der Waals surface area contributed by atoms with Crippen LogP contribution in [0.2, 0.25) is 0 Å². The van der Waals surface area contributed by atoms with Gasteiger partial charge in [-0.1, -0.05) is 6.58 Å². The minimum atomic E-state index is -0.321. The molecule has 0 radical (unpaired) electrons. The second-order valence-electron chi connectivity index (χ2n) is 5.13. The van der Waals surface area contributed by atoms with Crippen LogP contribution in [0, 0.1) is 11.3 Å². The zero-order valence-corrected chi connectivity index (χ0v) is 13.9. The number of likely N-dealkylation sites (N-methyl/N-ethyl adjacent to an activating group) is 1. The summed E-state index contributed by atoms with van der Waals surface area (Å²) in [6.07, 6.45) is 1.22. The predicted molar refractivity (Wildman–Crippen MR) is 95.7 cm³/mol. The van der Waals surface area contributed by atoms with Gasteiger partial charge in [0.05, 0.1) is 12.7 Å². The largest absolute Gasteiger partial charge is 0.495 e. The van der Waals surface area contributed by atoms with Crippen molar-refractivity contribution in [3.63, 3.8) is 0 Å². The van der Waals surface area contributed by atoms with Crippen molar-refractivity contribution in [1.82, 2.24) is 0 Å². The molecule has 6 heteroatoms. The number of hydrogen-bond acceptors (Lipinski definition) is 4. The first-order valence-corrected chi connectivity index (χ1v) is 7.39. The maximum atomic E-state index is 12.3. The van der Waals surface area contributed by atoms with Gasteiger partial charge in [0.2, 0.25) is 5.91 Å². The number of nitrogens with one attached hydrogen (secondary N) is 1. The van der Waals surface area contributed by atoms with Crippen LogP contribution in [0.15, 0.2) is 55.1 Å². The summed E-state index contributed by atoms with van der Waals surface area (Å²) in [5, 5.41) is 11.8. The molecule has 126 valence electrons. The van der Waals surface area contributed by atoms with Crippen molar-refractivity contribution in [3.8, 4) is 11.8 Å². The Balaban J connectivity index is 2.15. The molecule has 2 amide bonds. The Morgan fingerprint density at radius 2 is 1.92 bits per heavy atom. The summed E-state index contributed by atoms with van der Waals surface area (Å²) in [5.74, 6) is -0.113. The fraction of sp³-hybridized carbons (Fsp3) is 0.105. The topological polar surface area (TPSA) is 82.4 Å². The molecule has 25 heavy (non-hydrogen) atoms. The molecular formula is C19H17N3O3. The lowest BCUT2D eigenvalue weighted by Gasteiger charge is -2.15. The van der Waals surface area contributed by atoms with Gasteiger partial charge in [-0.25, -0.2) is 0 Å². The Kier molecular flexibility index (Phi) is 5.54. The number of amides is 2. The highest BCUT2D eigenvalue weighted by molar-refractivity contribution is 6.05. The Morgan fingerprint density at radius 1 is 1.24 bits per heavy atom. The van der Waals surface area contributed by atoms with Crippen molar-refractivity contribution < 1.29 is 14.3 Å². The number of rotatable bonds is 5. The first-order valence-electron chi connectivity index (χ1n) is 7.39. The van der Waals surface area contributed by atoms with E-state index < -0.39 is 0 Å². The number of nitrogens with zero attached hydrogens (tertiary/aromatic N) is 2. The predicted octanol–water partition coefficient (Wildman–Crippen LogP) is 2.97. The summed E-state index contributed by atoms with van der Waals surface area (Å²) in [7, 11) is 3.10. The third-order valence-corrected chi connectivity index (χ3v) is 3.60. The van der Waals surface area contributed by atoms with Crippen LogP contribution in [0.4, 0.5) is 11.4 Å². The van der Waals surface area contributed by atoms with Crippen LogP contribution in [-0.2, 0) is 4.79 Å². The summed E-state index contributed by atoms with van der Waals surface area (Å²) in [6.45, 7) is 3.44. The maximum absolute atomic E-state index is 12.3. The summed E-state index contributed by atoms with van der Waals surface area (Å²) in [5.41, 5.74) is 1.90. The molecule has 0 aliphatic heterocycles. The highest BCUT2D eigenvalue weighted by atomic mass is 16.5. The van der Waals surface area contributed by atoms with Gasteiger partial charge in [-0.05, 0) is 48.5 Å². The third kappa shape index (κ3) is 4.03. The van der Waals surface area contributed by atoms with Crippen LogP contribution in [0.1, 0.15) is 15.9 Å². The van der Waals surface area contributed by atoms with Crippen molar-refractivity contribution in [2.45, 2.75) is 0 Å². The Labute approximate surface area is 145 Å². The van der Waals surface area contributed by atoms with Crippen molar-refractivity contribution in [3.05, 3.63) is 66.2 Å². The molecule has 0 bridgehead atoms. The molecule has 2 aromatic rings. The number of methoxy groups -OCH3 is 1. The number of ether oxygens (including phenoxy) is 1. The van der Waals surface area contributed by atoms with Gasteiger partial charge < -0.3 is 15.0 Å². The van der Waals surface area contributed by atoms with E-state index in [2.05, 4.69) is 11.9 Å². The summed E-state index contributed by atoms with van der Waals surface area (Å²) in [6, 6.07) is 13.4. The minimum absolute atomic E-state index is 0.237. The molecule has 0 aliphatic carbocycles. The summed E-state index contributed by atoms with van der Waals surface area (Å²) < 4.78 is 5.07. The van der Waals surface area contributed by atoms with Crippen molar-refractivity contribution in [2.75, 3.05) is 24.4 Å². The number of hydrogen-bond donors (Lipinski definition) is 1. The van der Waals surface area contributed by atoms with E-state index in [9.17, 15) is 9.59 Å². The van der Waals surface area contributed by atoms with Crippen molar-refractivity contribution >= 4 is 23.2 Å². The van der Waals surface area contributed by atoms with E-state index in [1.165, 1.54) is 18.1 Å². The van der Waals surface area contributed by atoms with Crippen LogP contribution in [0.3, 0.4) is 0 Å². The number of carbonyl (C=O) groups excluding carboxylic acids is 2. The van der Waals surface area contributed by atoms with Gasteiger partial charge in [-0.3, -0.25) is 9.59 Å². The molecule has 1 N–H and O–H groups in total. The van der Waals surface area contributed by atoms with Crippen molar-refractivity contribution in [2.24, 2.45) is 0 Å². The molecule has 0 saturated carbocycles. The molecule has 2 aromatic carbocycles. The Bertz CT molecular complexity index is 851. The molecule has 0 heterocycles. The molecule has 6 nitrogen and oxygen atoms in total. The van der Waals surface area contributed by atoms with Crippen molar-refractivity contribution in [1.29, 1.82) is 5.26 Å². The fourth-order valence-electron chi connectivity index (χ4n) is 2.18. The molecule has 0 fully saturated rings. The second-order valence-corrected chi connectivity index (χ2v) is 5.13. The van der Waals surface area contributed by atoms with E-state index in [1.807, 2.05) is 6.07 Å². The average Bonchev–Trinajstić information content (AvgIpc) is 2.66. The highest BCUT2D eigenvalue weighted by Gasteiger charge is 2.11. The van der Waals surface area contributed by atoms with Gasteiger partial charge in [0.15, 0.2) is 0 Å². The van der Waals surface area contributed by atoms with Gasteiger partial charge >= 0.3 is 0 Å². The van der Waals surface area contributed by atoms with Gasteiger partial charge in [0.25, 0.3) is 5.91 Å². The van der Waals surface area contributed by atoms with E-state index in [0.29, 0.717) is 28.3 Å². The Hall–Kier alpha value is -3.59. The van der Waals surface area contributed by atoms with E-state index in [4.69, 9.17) is 10.00 Å². The van der Waals surface area contributed by atoms with Crippen LogP contribution >= 0.6 is 0 Å². The lowest BCUT2D eigenvalue weighted by molar-refractivity contribution is -0.113. The first-order chi connectivity index (χ1) is 12.0. The van der Waals surface area contributed by atoms with E-state index in [0.717, 1.165) is 0 Å². The number of nitriles is 1. The van der Waals surface area contributed by atoms with E-state index >= 15 is 0 Å². The van der Waals surface area contributed by atoms with Gasteiger partial charge in [-0.2, -0.15) is 5.26 Å². The summed E-state index contributed by atoms with van der Waals surface area (Å²) in [4.78, 5) is 25.3. The molecule has 0 aromatic heterocycles. The molecular weight excluding hydrogens is 318 g/mol. The fourth-order valence-corrected chi connectivity index (χ4v) is 2.18. The molecule has 0 spiro atoms. The van der Waals surface area contributed by atoms with E-state index in [1.54, 1.807) is 49.5 Å². The quantitative estimate of drug-likeness (QED) is 0.852. The normalized spacial score (nSPS) is 9.64. The monoisotopic (exact) mass is 335 g/mol. The molecule has 0 aliphatic rings. The second kappa shape index (κ2) is 7.79. The zero-order valence-electron chi connectivity index (χ0n) is 13.9. The van der Waals surface area contributed by atoms with Gasteiger partial charge in [-0.15, -0.1) is 0 Å². The van der Waals surface area contributed by atoms with Crippen LogP contribution in [-0.4, -0.2) is 26.0 Å². The smallest absolute Gasteiger partial charge is 0.255 e. The van der Waals surface area contributed by atoms with Gasteiger partial charge in [0, 0.05) is 24.0 Å². The minimum Gasteiger partial charge on any atom is -0.495 e. The standard InChI is InChI=1S/C19H17N3O3/c1-4-18(23)22(2)16-8-5-13(6-9-16)19(24)21-15-7-10-17(25-3)14(11-15)12-20/h4-11H,1H2,2-3H3,(H,21,24).